The molecular formula is C17H29IN4O3S. The average Bonchev–Trinajstić information content (AvgIpc) is 3.06. The van der Waals surface area contributed by atoms with Crippen LogP contribution >= 0.6 is 35.3 Å². The molecule has 1 fully saturated rings. The number of rotatable bonds is 3. The van der Waals surface area contributed by atoms with E-state index in [1.165, 1.54) is 11.3 Å². The van der Waals surface area contributed by atoms with Gasteiger partial charge in [0, 0.05) is 26.2 Å². The molecule has 7 nitrogen and oxygen atoms in total. The first-order valence-corrected chi connectivity index (χ1v) is 9.31. The number of aliphatic hydroxyl groups is 1. The van der Waals surface area contributed by atoms with Gasteiger partial charge in [-0.2, -0.15) is 11.3 Å². The molecule has 2 heterocycles. The number of carbonyl (C=O) groups is 1. The minimum absolute atomic E-state index is 0. The Balaban J connectivity index is 0.00000338. The molecule has 1 aliphatic rings. The SMILES string of the molecule is CC(C)(C)OC(=O)N1CCN(C(N)=NCC(C)(O)c2ccsc2)CC1.I. The van der Waals surface area contributed by atoms with E-state index in [0.29, 0.717) is 32.1 Å². The number of aliphatic imine (C=N–C) groups is 1. The fraction of sp³-hybridized carbons (Fsp3) is 0.647. The highest BCUT2D eigenvalue weighted by Gasteiger charge is 2.27. The number of halogens is 1. The number of hydrogen-bond donors (Lipinski definition) is 2. The van der Waals surface area contributed by atoms with E-state index < -0.39 is 11.2 Å². The second-order valence-electron chi connectivity index (χ2n) is 7.41. The first kappa shape index (κ1) is 23.0. The van der Waals surface area contributed by atoms with E-state index in [9.17, 15) is 9.90 Å². The number of ether oxygens (including phenoxy) is 1. The van der Waals surface area contributed by atoms with E-state index in [2.05, 4.69) is 4.99 Å². The molecule has 0 aliphatic carbocycles. The molecule has 0 aromatic carbocycles. The molecule has 26 heavy (non-hydrogen) atoms. The monoisotopic (exact) mass is 496 g/mol. The molecule has 1 atom stereocenters. The van der Waals surface area contributed by atoms with Gasteiger partial charge in [0.25, 0.3) is 0 Å². The Kier molecular flexibility index (Phi) is 8.15. The van der Waals surface area contributed by atoms with Gasteiger partial charge >= 0.3 is 6.09 Å². The summed E-state index contributed by atoms with van der Waals surface area (Å²) in [6.07, 6.45) is -0.303. The standard InChI is InChI=1S/C17H28N4O3S.HI/c1-16(2,3)24-15(22)21-8-6-20(7-9-21)14(18)19-12-17(4,23)13-5-10-25-11-13;/h5,10-11,23H,6-9,12H2,1-4H3,(H2,18,19);1H. The Hall–Kier alpha value is -1.07. The second kappa shape index (κ2) is 9.23. The van der Waals surface area contributed by atoms with Gasteiger partial charge in [-0.15, -0.1) is 24.0 Å². The number of nitrogens with zero attached hydrogens (tertiary/aromatic N) is 3. The maximum absolute atomic E-state index is 12.1. The van der Waals surface area contributed by atoms with Crippen molar-refractivity contribution in [2.24, 2.45) is 10.7 Å². The number of nitrogens with two attached hydrogens (primary N) is 1. The maximum Gasteiger partial charge on any atom is 0.410 e. The highest BCUT2D eigenvalue weighted by molar-refractivity contribution is 14.0. The Morgan fingerprint density at radius 2 is 1.85 bits per heavy atom. The van der Waals surface area contributed by atoms with Gasteiger partial charge in [-0.05, 0) is 50.1 Å². The summed E-state index contributed by atoms with van der Waals surface area (Å²) in [5.41, 5.74) is 5.37. The summed E-state index contributed by atoms with van der Waals surface area (Å²) in [6.45, 7) is 9.73. The molecular weight excluding hydrogens is 467 g/mol. The van der Waals surface area contributed by atoms with Crippen molar-refractivity contribution in [3.05, 3.63) is 22.4 Å². The maximum atomic E-state index is 12.1. The molecule has 0 saturated carbocycles. The van der Waals surface area contributed by atoms with Gasteiger partial charge in [0.1, 0.15) is 11.2 Å². The lowest BCUT2D eigenvalue weighted by Gasteiger charge is -2.36. The summed E-state index contributed by atoms with van der Waals surface area (Å²) in [7, 11) is 0. The van der Waals surface area contributed by atoms with Gasteiger partial charge in [0.2, 0.25) is 0 Å². The Morgan fingerprint density at radius 1 is 1.27 bits per heavy atom. The average molecular weight is 496 g/mol. The highest BCUT2D eigenvalue weighted by atomic mass is 127. The zero-order chi connectivity index (χ0) is 18.7. The normalized spacial score (nSPS) is 18.1. The molecule has 1 aromatic heterocycles. The summed E-state index contributed by atoms with van der Waals surface area (Å²) in [5.74, 6) is 0.388. The third kappa shape index (κ3) is 6.58. The van der Waals surface area contributed by atoms with E-state index in [0.717, 1.165) is 5.56 Å². The van der Waals surface area contributed by atoms with Crippen LogP contribution in [0.15, 0.2) is 21.8 Å². The summed E-state index contributed by atoms with van der Waals surface area (Å²) in [4.78, 5) is 20.0. The van der Waals surface area contributed by atoms with Gasteiger partial charge in [-0.1, -0.05) is 0 Å². The number of hydrogen-bond acceptors (Lipinski definition) is 5. The molecule has 1 aliphatic heterocycles. The van der Waals surface area contributed by atoms with E-state index in [1.807, 2.05) is 42.5 Å². The number of amides is 1. The van der Waals surface area contributed by atoms with E-state index in [-0.39, 0.29) is 36.6 Å². The predicted molar refractivity (Wildman–Crippen MR) is 115 cm³/mol. The van der Waals surface area contributed by atoms with Crippen molar-refractivity contribution < 1.29 is 14.6 Å². The molecule has 2 rings (SSSR count). The number of thiophene rings is 1. The molecule has 1 unspecified atom stereocenters. The van der Waals surface area contributed by atoms with Crippen molar-refractivity contribution in [2.75, 3.05) is 32.7 Å². The lowest BCUT2D eigenvalue weighted by molar-refractivity contribution is 0.0186. The second-order valence-corrected chi connectivity index (χ2v) is 8.19. The Morgan fingerprint density at radius 3 is 2.35 bits per heavy atom. The van der Waals surface area contributed by atoms with Crippen molar-refractivity contribution in [1.29, 1.82) is 0 Å². The van der Waals surface area contributed by atoms with Crippen LogP contribution in [0.2, 0.25) is 0 Å². The summed E-state index contributed by atoms with van der Waals surface area (Å²) in [5, 5.41) is 14.3. The molecule has 9 heteroatoms. The van der Waals surface area contributed by atoms with Gasteiger partial charge in [0.05, 0.1) is 6.54 Å². The molecule has 3 N–H and O–H groups in total. The van der Waals surface area contributed by atoms with Gasteiger partial charge < -0.3 is 25.4 Å². The topological polar surface area (TPSA) is 91.4 Å². The zero-order valence-corrected chi connectivity index (χ0v) is 18.9. The summed E-state index contributed by atoms with van der Waals surface area (Å²) >= 11 is 1.54. The minimum atomic E-state index is -1.04. The molecule has 1 amide bonds. The largest absolute Gasteiger partial charge is 0.444 e. The lowest BCUT2D eigenvalue weighted by Crippen LogP contribution is -2.53. The smallest absolute Gasteiger partial charge is 0.410 e. The molecule has 1 aromatic rings. The van der Waals surface area contributed by atoms with Crippen molar-refractivity contribution in [1.82, 2.24) is 9.80 Å². The van der Waals surface area contributed by atoms with Crippen molar-refractivity contribution in [3.8, 4) is 0 Å². The van der Waals surface area contributed by atoms with Crippen LogP contribution in [-0.4, -0.2) is 65.3 Å². The highest BCUT2D eigenvalue weighted by Crippen LogP contribution is 2.23. The lowest BCUT2D eigenvalue weighted by atomic mass is 10.00. The van der Waals surface area contributed by atoms with Crippen LogP contribution in [0.3, 0.4) is 0 Å². The third-order valence-corrected chi connectivity index (χ3v) is 4.63. The predicted octanol–water partition coefficient (Wildman–Crippen LogP) is 2.44. The van der Waals surface area contributed by atoms with Crippen LogP contribution in [0.25, 0.3) is 0 Å². The first-order valence-electron chi connectivity index (χ1n) is 8.36. The molecule has 0 bridgehead atoms. The summed E-state index contributed by atoms with van der Waals surface area (Å²) in [6, 6.07) is 1.88. The first-order chi connectivity index (χ1) is 11.6. The van der Waals surface area contributed by atoms with E-state index in [1.54, 1.807) is 11.8 Å². The molecule has 0 spiro atoms. The Labute approximate surface area is 176 Å². The van der Waals surface area contributed by atoms with Crippen molar-refractivity contribution in [3.63, 3.8) is 0 Å². The van der Waals surface area contributed by atoms with Gasteiger partial charge in [0.15, 0.2) is 5.96 Å². The van der Waals surface area contributed by atoms with Gasteiger partial charge in [-0.3, -0.25) is 0 Å². The number of guanidine groups is 1. The van der Waals surface area contributed by atoms with Crippen LogP contribution in [0.4, 0.5) is 4.79 Å². The summed E-state index contributed by atoms with van der Waals surface area (Å²) < 4.78 is 5.38. The van der Waals surface area contributed by atoms with Crippen molar-refractivity contribution in [2.45, 2.75) is 38.9 Å². The van der Waals surface area contributed by atoms with Crippen LogP contribution in [-0.2, 0) is 10.3 Å². The van der Waals surface area contributed by atoms with E-state index in [4.69, 9.17) is 10.5 Å². The zero-order valence-electron chi connectivity index (χ0n) is 15.8. The Bertz CT molecular complexity index is 606. The number of carbonyl (C=O) groups excluding carboxylic acids is 1. The molecule has 0 radical (unpaired) electrons. The van der Waals surface area contributed by atoms with Crippen molar-refractivity contribution >= 4 is 47.4 Å². The van der Waals surface area contributed by atoms with Crippen LogP contribution < -0.4 is 5.73 Å². The quantitative estimate of drug-likeness (QED) is 0.381. The van der Waals surface area contributed by atoms with E-state index >= 15 is 0 Å². The third-order valence-electron chi connectivity index (χ3n) is 3.95. The van der Waals surface area contributed by atoms with Crippen LogP contribution in [0, 0.1) is 0 Å². The fourth-order valence-corrected chi connectivity index (χ4v) is 3.22. The molecule has 1 saturated heterocycles. The molecule has 148 valence electrons. The van der Waals surface area contributed by atoms with Gasteiger partial charge in [-0.25, -0.2) is 9.79 Å². The number of piperazine rings is 1. The van der Waals surface area contributed by atoms with Crippen LogP contribution in [0.5, 0.6) is 0 Å². The fourth-order valence-electron chi connectivity index (χ4n) is 2.44. The van der Waals surface area contributed by atoms with Crippen LogP contribution in [0.1, 0.15) is 33.3 Å². The minimum Gasteiger partial charge on any atom is -0.444 e.